The number of nitrogens with zero attached hydrogens (tertiary/aromatic N) is 2. The van der Waals surface area contributed by atoms with Gasteiger partial charge in [-0.2, -0.15) is 0 Å². The fraction of sp³-hybridized carbons (Fsp3) is 0. The number of benzene rings is 5. The minimum absolute atomic E-state index is 0.903. The monoisotopic (exact) mass is 464 g/mol. The van der Waals surface area contributed by atoms with Crippen LogP contribution in [0.2, 0.25) is 0 Å². The lowest BCUT2D eigenvalue weighted by atomic mass is 10.0. The van der Waals surface area contributed by atoms with Crippen LogP contribution >= 0.6 is 11.3 Å². The molecule has 4 aromatic heterocycles. The van der Waals surface area contributed by atoms with Crippen LogP contribution in [0.25, 0.3) is 80.5 Å². The molecule has 35 heavy (non-hydrogen) atoms. The highest BCUT2D eigenvalue weighted by Gasteiger charge is 2.19. The molecule has 9 aromatic rings. The van der Waals surface area contributed by atoms with Crippen LogP contribution in [0.3, 0.4) is 0 Å². The maximum Gasteiger partial charge on any atom is 0.147 e. The van der Waals surface area contributed by atoms with Crippen LogP contribution in [-0.2, 0) is 0 Å². The minimum Gasteiger partial charge on any atom is -0.456 e. The Bertz CT molecular complexity index is 2330. The van der Waals surface area contributed by atoms with E-state index in [0.29, 0.717) is 0 Å². The molecule has 0 spiro atoms. The highest BCUT2D eigenvalue weighted by molar-refractivity contribution is 7.26. The van der Waals surface area contributed by atoms with Gasteiger partial charge in [-0.25, -0.2) is 4.98 Å². The first-order valence-corrected chi connectivity index (χ1v) is 12.5. The van der Waals surface area contributed by atoms with Crippen molar-refractivity contribution in [1.82, 2.24) is 9.38 Å². The minimum atomic E-state index is 0.903. The summed E-state index contributed by atoms with van der Waals surface area (Å²) in [4.78, 5) is 5.18. The maximum atomic E-state index is 6.29. The first-order valence-electron chi connectivity index (χ1n) is 11.7. The van der Waals surface area contributed by atoms with Crippen LogP contribution in [0.4, 0.5) is 0 Å². The van der Waals surface area contributed by atoms with Crippen molar-refractivity contribution < 1.29 is 4.42 Å². The van der Waals surface area contributed by atoms with Crippen LogP contribution < -0.4 is 0 Å². The summed E-state index contributed by atoms with van der Waals surface area (Å²) >= 11 is 1.86. The summed E-state index contributed by atoms with van der Waals surface area (Å²) in [5.74, 6) is 0. The second-order valence-electron chi connectivity index (χ2n) is 9.19. The number of imidazole rings is 1. The van der Waals surface area contributed by atoms with Gasteiger partial charge in [0.15, 0.2) is 0 Å². The molecule has 5 aromatic carbocycles. The van der Waals surface area contributed by atoms with Gasteiger partial charge in [0, 0.05) is 47.8 Å². The van der Waals surface area contributed by atoms with Crippen molar-refractivity contribution in [1.29, 1.82) is 0 Å². The Balaban J connectivity index is 1.63. The van der Waals surface area contributed by atoms with Gasteiger partial charge in [-0.3, -0.25) is 4.40 Å². The third-order valence-corrected chi connectivity index (χ3v) is 8.56. The van der Waals surface area contributed by atoms with E-state index in [-0.39, 0.29) is 0 Å². The Morgan fingerprint density at radius 3 is 2.37 bits per heavy atom. The standard InChI is InChI=1S/C31H16N2OS/c1-5-11-26-17(7-1)22-15-21-19-13-14-20-18-8-2-6-12-28(18)35-30(20)29(19)31-32-23-9-3-4-10-24(23)33(31)25(21)16-27(22)34-26/h1-16H. The molecule has 0 radical (unpaired) electrons. The molecule has 0 saturated heterocycles. The normalized spacial score (nSPS) is 12.6. The lowest BCUT2D eigenvalue weighted by Gasteiger charge is -2.10. The zero-order chi connectivity index (χ0) is 22.7. The number of rotatable bonds is 0. The van der Waals surface area contributed by atoms with Gasteiger partial charge >= 0.3 is 0 Å². The van der Waals surface area contributed by atoms with Gasteiger partial charge in [0.05, 0.1) is 16.6 Å². The molecule has 162 valence electrons. The molecule has 0 fully saturated rings. The molecule has 0 aliphatic rings. The number of fused-ring (bicyclic) bond motifs is 15. The fourth-order valence-corrected chi connectivity index (χ4v) is 7.08. The van der Waals surface area contributed by atoms with Crippen molar-refractivity contribution in [2.45, 2.75) is 0 Å². The molecule has 0 saturated carbocycles. The van der Waals surface area contributed by atoms with E-state index in [9.17, 15) is 0 Å². The van der Waals surface area contributed by atoms with Gasteiger partial charge in [-0.15, -0.1) is 11.3 Å². The second kappa shape index (κ2) is 6.17. The number of aromatic nitrogens is 2. The molecule has 3 nitrogen and oxygen atoms in total. The Kier molecular flexibility index (Phi) is 3.17. The van der Waals surface area contributed by atoms with E-state index in [1.165, 1.54) is 36.3 Å². The van der Waals surface area contributed by atoms with Gasteiger partial charge in [0.2, 0.25) is 0 Å². The molecule has 0 amide bonds. The van der Waals surface area contributed by atoms with Crippen molar-refractivity contribution >= 4 is 91.8 Å². The molecule has 9 rings (SSSR count). The van der Waals surface area contributed by atoms with E-state index in [1.807, 2.05) is 23.5 Å². The van der Waals surface area contributed by atoms with Gasteiger partial charge in [-0.1, -0.05) is 60.7 Å². The van der Waals surface area contributed by atoms with Gasteiger partial charge in [-0.05, 0) is 35.7 Å². The Labute approximate surface area is 202 Å². The zero-order valence-electron chi connectivity index (χ0n) is 18.4. The van der Waals surface area contributed by atoms with Crippen LogP contribution in [0.5, 0.6) is 0 Å². The molecule has 4 heterocycles. The second-order valence-corrected chi connectivity index (χ2v) is 10.2. The van der Waals surface area contributed by atoms with Crippen LogP contribution in [0.1, 0.15) is 0 Å². The topological polar surface area (TPSA) is 30.4 Å². The third kappa shape index (κ3) is 2.18. The van der Waals surface area contributed by atoms with Gasteiger partial charge < -0.3 is 4.42 Å². The fourth-order valence-electron chi connectivity index (χ4n) is 5.83. The summed E-state index contributed by atoms with van der Waals surface area (Å²) in [5, 5.41) is 8.56. The van der Waals surface area contributed by atoms with E-state index in [2.05, 4.69) is 89.3 Å². The third-order valence-electron chi connectivity index (χ3n) is 7.36. The van der Waals surface area contributed by atoms with E-state index >= 15 is 0 Å². The van der Waals surface area contributed by atoms with Crippen molar-refractivity contribution in [3.63, 3.8) is 0 Å². The predicted molar refractivity (Wildman–Crippen MR) is 148 cm³/mol. The van der Waals surface area contributed by atoms with E-state index in [4.69, 9.17) is 9.40 Å². The average molecular weight is 465 g/mol. The molecule has 0 aliphatic heterocycles. The van der Waals surface area contributed by atoms with Crippen molar-refractivity contribution in [3.05, 3.63) is 97.1 Å². The van der Waals surface area contributed by atoms with Crippen LogP contribution in [0, 0.1) is 0 Å². The van der Waals surface area contributed by atoms with Crippen molar-refractivity contribution in [2.75, 3.05) is 0 Å². The number of para-hydroxylation sites is 3. The van der Waals surface area contributed by atoms with Gasteiger partial charge in [0.25, 0.3) is 0 Å². The summed E-state index contributed by atoms with van der Waals surface area (Å²) in [6.45, 7) is 0. The summed E-state index contributed by atoms with van der Waals surface area (Å²) in [7, 11) is 0. The molecular weight excluding hydrogens is 448 g/mol. The summed E-state index contributed by atoms with van der Waals surface area (Å²) < 4.78 is 11.2. The molecule has 4 heteroatoms. The number of pyridine rings is 1. The lowest BCUT2D eigenvalue weighted by Crippen LogP contribution is -1.92. The highest BCUT2D eigenvalue weighted by Crippen LogP contribution is 2.44. The SMILES string of the molecule is c1ccc2c(c1)nc1c3c(ccc4c5ccccc5sc43)c3cc4c(cc3n21)oc1ccccc14. The van der Waals surface area contributed by atoms with Crippen molar-refractivity contribution in [2.24, 2.45) is 0 Å². The lowest BCUT2D eigenvalue weighted by molar-refractivity contribution is 0.669. The maximum absolute atomic E-state index is 6.29. The molecule has 0 atom stereocenters. The molecule has 0 bridgehead atoms. The van der Waals surface area contributed by atoms with Gasteiger partial charge in [0.1, 0.15) is 16.8 Å². The predicted octanol–water partition coefficient (Wildman–Crippen LogP) is 9.06. The first kappa shape index (κ1) is 18.0. The summed E-state index contributed by atoms with van der Waals surface area (Å²) in [6.07, 6.45) is 0. The molecular formula is C31H16N2OS. The number of hydrogen-bond acceptors (Lipinski definition) is 3. The first-order chi connectivity index (χ1) is 17.3. The number of thiophene rings is 1. The molecule has 0 unspecified atom stereocenters. The van der Waals surface area contributed by atoms with E-state index < -0.39 is 0 Å². The Morgan fingerprint density at radius 1 is 0.600 bits per heavy atom. The summed E-state index contributed by atoms with van der Waals surface area (Å²) in [6, 6.07) is 34.5. The average Bonchev–Trinajstić information content (AvgIpc) is 3.58. The largest absolute Gasteiger partial charge is 0.456 e. The highest BCUT2D eigenvalue weighted by atomic mass is 32.1. The van der Waals surface area contributed by atoms with Crippen LogP contribution in [0.15, 0.2) is 101 Å². The zero-order valence-corrected chi connectivity index (χ0v) is 19.3. The number of furan rings is 1. The van der Waals surface area contributed by atoms with E-state index in [0.717, 1.165) is 44.1 Å². The summed E-state index contributed by atoms with van der Waals surface area (Å²) in [5.41, 5.74) is 6.06. The van der Waals surface area contributed by atoms with Crippen molar-refractivity contribution in [3.8, 4) is 0 Å². The Morgan fingerprint density at radius 2 is 1.40 bits per heavy atom. The number of hydrogen-bond donors (Lipinski definition) is 0. The molecule has 0 N–H and O–H groups in total. The smallest absolute Gasteiger partial charge is 0.147 e. The quantitative estimate of drug-likeness (QED) is 0.210. The van der Waals surface area contributed by atoms with E-state index in [1.54, 1.807) is 0 Å². The van der Waals surface area contributed by atoms with Crippen LogP contribution in [-0.4, -0.2) is 9.38 Å². The molecule has 0 aliphatic carbocycles. The Hall–Kier alpha value is -4.41.